The summed E-state index contributed by atoms with van der Waals surface area (Å²) < 4.78 is 5.03. The molecule has 0 heterocycles. The summed E-state index contributed by atoms with van der Waals surface area (Å²) in [5, 5.41) is 0. The van der Waals surface area contributed by atoms with Crippen molar-refractivity contribution in [3.05, 3.63) is 21.6 Å². The van der Waals surface area contributed by atoms with Crippen LogP contribution in [0.3, 0.4) is 0 Å². The van der Waals surface area contributed by atoms with Crippen molar-refractivity contribution in [1.29, 1.82) is 0 Å². The van der Waals surface area contributed by atoms with Crippen molar-refractivity contribution in [2.45, 2.75) is 45.7 Å². The summed E-state index contributed by atoms with van der Waals surface area (Å²) >= 11 is -1.91. The molecular formula is C12H22Cl2HfNOSi. The fraction of sp³-hybridized carbons (Fsp3) is 0.583. The van der Waals surface area contributed by atoms with Gasteiger partial charge in [0.1, 0.15) is 0 Å². The number of hydrogen-bond acceptors (Lipinski definition) is 1. The Morgan fingerprint density at radius 1 is 1.44 bits per heavy atom. The van der Waals surface area contributed by atoms with E-state index < -0.39 is 26.9 Å². The summed E-state index contributed by atoms with van der Waals surface area (Å²) in [5.41, 5.74) is 0. The first-order valence-corrected chi connectivity index (χ1v) is 18.9. The zero-order chi connectivity index (χ0) is 12.0. The van der Waals surface area contributed by atoms with Gasteiger partial charge in [-0.05, 0) is 0 Å². The van der Waals surface area contributed by atoms with Crippen LogP contribution in [0.1, 0.15) is 32.6 Å². The second-order valence-electron chi connectivity index (χ2n) is 4.54. The monoisotopic (exact) mass is 474 g/mol. The van der Waals surface area contributed by atoms with Crippen molar-refractivity contribution < 1.29 is 50.5 Å². The largest absolute Gasteiger partial charge is 1.00 e. The number of carbonyl (C=O) groups is 1. The van der Waals surface area contributed by atoms with E-state index in [-0.39, 0.29) is 24.8 Å². The molecule has 0 aromatic rings. The van der Waals surface area contributed by atoms with Gasteiger partial charge in [-0.15, -0.1) is 0 Å². The van der Waals surface area contributed by atoms with Crippen LogP contribution in [-0.2, 0) is 25.7 Å². The maximum atomic E-state index is 11.8. The third-order valence-corrected chi connectivity index (χ3v) is 26.3. The number of hydrogen-bond donors (Lipinski definition) is 1. The van der Waals surface area contributed by atoms with Crippen LogP contribution < -0.4 is 28.1 Å². The fourth-order valence-corrected chi connectivity index (χ4v) is 21.3. The van der Waals surface area contributed by atoms with E-state index in [9.17, 15) is 4.79 Å². The van der Waals surface area contributed by atoms with Gasteiger partial charge in [0.15, 0.2) is 0 Å². The van der Waals surface area contributed by atoms with Crippen molar-refractivity contribution >= 4 is 11.9 Å². The normalized spacial score (nSPS) is 12.6. The van der Waals surface area contributed by atoms with E-state index in [2.05, 4.69) is 41.6 Å². The van der Waals surface area contributed by atoms with Crippen molar-refractivity contribution in [2.24, 2.45) is 0 Å². The van der Waals surface area contributed by atoms with Gasteiger partial charge in [0.2, 0.25) is 0 Å². The molecule has 2 nitrogen and oxygen atoms in total. The van der Waals surface area contributed by atoms with Crippen LogP contribution in [0.15, 0.2) is 21.6 Å². The summed E-state index contributed by atoms with van der Waals surface area (Å²) in [6.07, 6.45) is 10.6. The smallest absolute Gasteiger partial charge is 1.00 e. The van der Waals surface area contributed by atoms with E-state index in [0.717, 1.165) is 25.7 Å². The molecule has 0 atom stereocenters. The van der Waals surface area contributed by atoms with Gasteiger partial charge in [0.25, 0.3) is 0 Å². The molecular weight excluding hydrogens is 452 g/mol. The zero-order valence-electron chi connectivity index (χ0n) is 11.3. The number of nitrogens with one attached hydrogen (secondary N) is 1. The molecule has 0 aromatic carbocycles. The van der Waals surface area contributed by atoms with Crippen molar-refractivity contribution in [3.63, 3.8) is 0 Å². The minimum absolute atomic E-state index is 0. The average Bonchev–Trinajstić information content (AvgIpc) is 2.75. The topological polar surface area (TPSA) is 29.1 Å². The summed E-state index contributed by atoms with van der Waals surface area (Å²) in [6, 6.07) is 0. The van der Waals surface area contributed by atoms with Crippen LogP contribution in [0, 0.1) is 0 Å². The molecule has 6 heteroatoms. The van der Waals surface area contributed by atoms with Gasteiger partial charge >= 0.3 is 108 Å². The second kappa shape index (κ2) is 11.4. The summed E-state index contributed by atoms with van der Waals surface area (Å²) in [7, 11) is 0. The zero-order valence-corrected chi connectivity index (χ0v) is 17.6. The van der Waals surface area contributed by atoms with Gasteiger partial charge in [0.05, 0.1) is 0 Å². The van der Waals surface area contributed by atoms with Crippen LogP contribution in [0.4, 0.5) is 0 Å². The molecule has 0 spiro atoms. The Balaban J connectivity index is 0. The molecule has 1 rings (SSSR count). The summed E-state index contributed by atoms with van der Waals surface area (Å²) in [4.78, 5) is 11.8. The van der Waals surface area contributed by atoms with E-state index >= 15 is 0 Å². The van der Waals surface area contributed by atoms with E-state index in [0.29, 0.717) is 5.91 Å². The molecule has 0 saturated carbocycles. The first-order chi connectivity index (χ1) is 7.65. The summed E-state index contributed by atoms with van der Waals surface area (Å²) in [6.45, 7) is 6.91. The van der Waals surface area contributed by atoms with Crippen LogP contribution in [-0.4, -0.2) is 11.9 Å². The molecule has 0 aliphatic heterocycles. The SMILES string of the molecule is CCCCC(=O)[NH][Hf+2]([C]1=CC=CC1)[SiH](C)C.[Cl-].[Cl-]. The quantitative estimate of drug-likeness (QED) is 0.402. The van der Waals surface area contributed by atoms with Crippen molar-refractivity contribution in [2.75, 3.05) is 0 Å². The maximum absolute atomic E-state index is 11.8. The van der Waals surface area contributed by atoms with Crippen LogP contribution in [0.2, 0.25) is 13.1 Å². The number of allylic oxidation sites excluding steroid dienone is 4. The Morgan fingerprint density at radius 3 is 2.56 bits per heavy atom. The number of unbranched alkanes of at least 4 members (excludes halogenated alkanes) is 1. The van der Waals surface area contributed by atoms with Gasteiger partial charge in [-0.1, -0.05) is 0 Å². The molecule has 0 saturated heterocycles. The molecule has 1 aliphatic carbocycles. The van der Waals surface area contributed by atoms with Gasteiger partial charge < -0.3 is 24.8 Å². The number of rotatable bonds is 6. The van der Waals surface area contributed by atoms with Gasteiger partial charge in [-0.25, -0.2) is 0 Å². The predicted molar refractivity (Wildman–Crippen MR) is 68.4 cm³/mol. The Bertz CT molecular complexity index is 308. The average molecular weight is 474 g/mol. The molecule has 1 aliphatic rings. The molecule has 1 N–H and O–H groups in total. The molecule has 1 amide bonds. The molecule has 18 heavy (non-hydrogen) atoms. The van der Waals surface area contributed by atoms with Crippen molar-refractivity contribution in [1.82, 2.24) is 3.30 Å². The van der Waals surface area contributed by atoms with Crippen LogP contribution in [0.5, 0.6) is 0 Å². The number of carbonyl (C=O) groups excluding carboxylic acids is 1. The Kier molecular flexibility index (Phi) is 13.3. The van der Waals surface area contributed by atoms with Crippen LogP contribution in [0.25, 0.3) is 0 Å². The molecule has 103 valence electrons. The van der Waals surface area contributed by atoms with E-state index in [1.807, 2.05) is 0 Å². The molecule has 0 fully saturated rings. The Hall–Kier alpha value is 0.617. The number of amides is 1. The standard InChI is InChI=1S/C5H11NO.C5H5.C2H7Si.2ClH.Hf/c1-2-3-4-5(6)7;1-2-4-5-3-1;1-3-2;;;/h2-4H2,1H3,(H2,6,7);1-3H,4H2;3H,1-2H3;2*1H;/q;;;;;+3/p-3. The number of halogens is 2. The van der Waals surface area contributed by atoms with E-state index in [1.54, 1.807) is 3.33 Å². The minimum Gasteiger partial charge on any atom is -1.00 e. The minimum atomic E-state index is -1.91. The third kappa shape index (κ3) is 7.27. The third-order valence-electron chi connectivity index (χ3n) is 2.73. The molecule has 0 bridgehead atoms. The van der Waals surface area contributed by atoms with Gasteiger partial charge in [-0.3, -0.25) is 0 Å². The molecule has 0 aromatic heterocycles. The van der Waals surface area contributed by atoms with E-state index in [4.69, 9.17) is 0 Å². The van der Waals surface area contributed by atoms with Crippen molar-refractivity contribution in [3.8, 4) is 0 Å². The van der Waals surface area contributed by atoms with Gasteiger partial charge in [-0.2, -0.15) is 0 Å². The predicted octanol–water partition coefficient (Wildman–Crippen LogP) is -3.34. The Labute approximate surface area is 132 Å². The molecule has 0 unspecified atom stereocenters. The fourth-order valence-electron chi connectivity index (χ4n) is 1.79. The maximum Gasteiger partial charge on any atom is -1.00 e. The van der Waals surface area contributed by atoms with E-state index in [1.165, 1.54) is 0 Å². The Morgan fingerprint density at radius 2 is 2.11 bits per heavy atom. The second-order valence-corrected chi connectivity index (χ2v) is 30.2. The summed E-state index contributed by atoms with van der Waals surface area (Å²) in [5.74, 6) is -0.338. The van der Waals surface area contributed by atoms with Crippen LogP contribution >= 0.6 is 0 Å². The first kappa shape index (κ1) is 20.9. The molecule has 0 radical (unpaired) electrons. The first-order valence-electron chi connectivity index (χ1n) is 6.18. The van der Waals surface area contributed by atoms with Gasteiger partial charge in [0, 0.05) is 0 Å².